The van der Waals surface area contributed by atoms with E-state index in [0.717, 1.165) is 35.9 Å². The Morgan fingerprint density at radius 2 is 1.86 bits per heavy atom. The molecular formula is C21H18F2N4O. The third-order valence-electron chi connectivity index (χ3n) is 5.41. The monoisotopic (exact) mass is 380 g/mol. The number of benzene rings is 1. The van der Waals surface area contributed by atoms with Crippen LogP contribution < -0.4 is 0 Å². The number of nitrogens with zero attached hydrogens (tertiary/aromatic N) is 4. The quantitative estimate of drug-likeness (QED) is 0.479. The highest BCUT2D eigenvalue weighted by Gasteiger charge is 2.22. The van der Waals surface area contributed by atoms with Gasteiger partial charge in [-0.25, -0.2) is 13.8 Å². The first-order chi connectivity index (χ1) is 13.7. The third kappa shape index (κ3) is 2.87. The molecule has 0 saturated heterocycles. The first-order valence-corrected chi connectivity index (χ1v) is 9.44. The van der Waals surface area contributed by atoms with Gasteiger partial charge in [-0.1, -0.05) is 19.3 Å². The molecule has 0 amide bonds. The largest absolute Gasteiger partial charge is 0.443 e. The van der Waals surface area contributed by atoms with Crippen LogP contribution in [0.25, 0.3) is 28.2 Å². The lowest BCUT2D eigenvalue weighted by atomic mass is 9.89. The molecule has 142 valence electrons. The molecule has 0 unspecified atom stereocenters. The predicted octanol–water partition coefficient (Wildman–Crippen LogP) is 5.38. The molecular weight excluding hydrogens is 362 g/mol. The van der Waals surface area contributed by atoms with E-state index in [-0.39, 0.29) is 5.56 Å². The Labute approximate surface area is 160 Å². The maximum atomic E-state index is 14.3. The molecule has 0 N–H and O–H groups in total. The van der Waals surface area contributed by atoms with E-state index in [0.29, 0.717) is 17.4 Å². The molecule has 1 aliphatic rings. The molecule has 5 rings (SSSR count). The highest BCUT2D eigenvalue weighted by atomic mass is 19.1. The lowest BCUT2D eigenvalue weighted by Gasteiger charge is -2.19. The smallest absolute Gasteiger partial charge is 0.182 e. The second-order valence-corrected chi connectivity index (χ2v) is 7.19. The molecule has 5 nitrogen and oxygen atoms in total. The number of hydrogen-bond acceptors (Lipinski definition) is 4. The number of rotatable bonds is 3. The second kappa shape index (κ2) is 6.82. The third-order valence-corrected chi connectivity index (χ3v) is 5.41. The number of halogens is 2. The molecule has 3 aromatic heterocycles. The average molecular weight is 380 g/mol. The highest BCUT2D eigenvalue weighted by molar-refractivity contribution is 5.77. The van der Waals surface area contributed by atoms with Crippen LogP contribution in [0.1, 0.15) is 43.8 Å². The molecule has 0 radical (unpaired) electrons. The lowest BCUT2D eigenvalue weighted by Crippen LogP contribution is -2.08. The van der Waals surface area contributed by atoms with Gasteiger partial charge >= 0.3 is 0 Å². The minimum Gasteiger partial charge on any atom is -0.443 e. The van der Waals surface area contributed by atoms with Gasteiger partial charge in [0.2, 0.25) is 0 Å². The zero-order valence-corrected chi connectivity index (χ0v) is 15.1. The Morgan fingerprint density at radius 3 is 2.68 bits per heavy atom. The lowest BCUT2D eigenvalue weighted by molar-refractivity contribution is 0.426. The molecule has 1 fully saturated rings. The Kier molecular flexibility index (Phi) is 4.15. The zero-order chi connectivity index (χ0) is 19.1. The van der Waals surface area contributed by atoms with Crippen molar-refractivity contribution in [1.29, 1.82) is 0 Å². The van der Waals surface area contributed by atoms with Crippen LogP contribution in [-0.2, 0) is 0 Å². The summed E-state index contributed by atoms with van der Waals surface area (Å²) in [5.41, 5.74) is 2.03. The summed E-state index contributed by atoms with van der Waals surface area (Å²) in [6, 6.07) is 7.14. The van der Waals surface area contributed by atoms with Crippen molar-refractivity contribution in [3.8, 4) is 22.6 Å². The Bertz CT molecular complexity index is 1140. The van der Waals surface area contributed by atoms with Gasteiger partial charge < -0.3 is 4.42 Å². The maximum absolute atomic E-state index is 14.3. The van der Waals surface area contributed by atoms with Gasteiger partial charge in [0.25, 0.3) is 0 Å². The summed E-state index contributed by atoms with van der Waals surface area (Å²) in [7, 11) is 0. The van der Waals surface area contributed by atoms with Crippen LogP contribution in [0.2, 0.25) is 0 Å². The van der Waals surface area contributed by atoms with Crippen LogP contribution in [-0.4, -0.2) is 19.6 Å². The molecule has 0 spiro atoms. The first kappa shape index (κ1) is 17.0. The number of oxazole rings is 1. The normalized spacial score (nSPS) is 15.4. The Balaban J connectivity index is 1.60. The van der Waals surface area contributed by atoms with Crippen LogP contribution in [0.15, 0.2) is 47.3 Å². The Hall–Kier alpha value is -3.09. The fourth-order valence-corrected chi connectivity index (χ4v) is 4.01. The van der Waals surface area contributed by atoms with Gasteiger partial charge in [-0.3, -0.25) is 4.40 Å². The van der Waals surface area contributed by atoms with E-state index in [4.69, 9.17) is 4.42 Å². The van der Waals surface area contributed by atoms with Gasteiger partial charge in [0.05, 0.1) is 0 Å². The predicted molar refractivity (Wildman–Crippen MR) is 99.7 cm³/mol. The number of fused-ring (bicyclic) bond motifs is 1. The fraction of sp³-hybridized carbons (Fsp3) is 0.286. The molecule has 7 heteroatoms. The highest BCUT2D eigenvalue weighted by Crippen LogP contribution is 2.35. The van der Waals surface area contributed by atoms with Crippen molar-refractivity contribution >= 4 is 5.65 Å². The van der Waals surface area contributed by atoms with Crippen LogP contribution in [0.5, 0.6) is 0 Å². The molecule has 3 heterocycles. The van der Waals surface area contributed by atoms with Crippen LogP contribution in [0.4, 0.5) is 8.78 Å². The van der Waals surface area contributed by atoms with Crippen molar-refractivity contribution in [2.75, 3.05) is 0 Å². The van der Waals surface area contributed by atoms with Crippen molar-refractivity contribution in [3.05, 3.63) is 60.4 Å². The van der Waals surface area contributed by atoms with Crippen molar-refractivity contribution in [2.45, 2.75) is 38.0 Å². The van der Waals surface area contributed by atoms with E-state index in [1.807, 2.05) is 22.7 Å². The molecule has 1 aliphatic carbocycles. The second-order valence-electron chi connectivity index (χ2n) is 7.19. The van der Waals surface area contributed by atoms with Gasteiger partial charge in [-0.2, -0.15) is 0 Å². The van der Waals surface area contributed by atoms with Crippen molar-refractivity contribution in [2.24, 2.45) is 0 Å². The van der Waals surface area contributed by atoms with E-state index in [1.54, 1.807) is 0 Å². The molecule has 4 aromatic rings. The van der Waals surface area contributed by atoms with Gasteiger partial charge in [0, 0.05) is 29.3 Å². The molecule has 0 bridgehead atoms. The fourth-order valence-electron chi connectivity index (χ4n) is 4.01. The van der Waals surface area contributed by atoms with Crippen LogP contribution in [0, 0.1) is 11.6 Å². The minimum atomic E-state index is -0.677. The van der Waals surface area contributed by atoms with Gasteiger partial charge in [0.1, 0.15) is 23.2 Å². The summed E-state index contributed by atoms with van der Waals surface area (Å²) >= 11 is 0. The van der Waals surface area contributed by atoms with Crippen LogP contribution >= 0.6 is 0 Å². The molecule has 1 saturated carbocycles. The first-order valence-electron chi connectivity index (χ1n) is 9.44. The molecule has 0 atom stereocenters. The van der Waals surface area contributed by atoms with Crippen molar-refractivity contribution in [3.63, 3.8) is 0 Å². The van der Waals surface area contributed by atoms with Crippen molar-refractivity contribution in [1.82, 2.24) is 19.6 Å². The minimum absolute atomic E-state index is 0.196. The topological polar surface area (TPSA) is 56.2 Å². The van der Waals surface area contributed by atoms with Gasteiger partial charge in [-0.05, 0) is 37.1 Å². The number of pyridine rings is 1. The average Bonchev–Trinajstić information content (AvgIpc) is 3.35. The van der Waals surface area contributed by atoms with Gasteiger partial charge in [0.15, 0.2) is 17.8 Å². The molecule has 1 aromatic carbocycles. The van der Waals surface area contributed by atoms with E-state index in [1.165, 1.54) is 37.8 Å². The summed E-state index contributed by atoms with van der Waals surface area (Å²) in [5.74, 6) is 0.460. The summed E-state index contributed by atoms with van der Waals surface area (Å²) in [6.07, 6.45) is 9.07. The van der Waals surface area contributed by atoms with E-state index >= 15 is 0 Å². The van der Waals surface area contributed by atoms with E-state index < -0.39 is 11.6 Å². The van der Waals surface area contributed by atoms with E-state index in [9.17, 15) is 8.78 Å². The number of hydrogen-bond donors (Lipinski definition) is 0. The van der Waals surface area contributed by atoms with E-state index in [2.05, 4.69) is 15.2 Å². The van der Waals surface area contributed by atoms with Crippen LogP contribution in [0.3, 0.4) is 0 Å². The maximum Gasteiger partial charge on any atom is 0.182 e. The summed E-state index contributed by atoms with van der Waals surface area (Å²) in [4.78, 5) is 4.16. The summed E-state index contributed by atoms with van der Waals surface area (Å²) in [5, 5.41) is 8.70. The van der Waals surface area contributed by atoms with Crippen molar-refractivity contribution < 1.29 is 13.2 Å². The SMILES string of the molecule is Fc1ccc(-c2ncoc2-c2ccc3nnc(C4CCCCC4)n3c2)c(F)c1. The van der Waals surface area contributed by atoms with Gasteiger partial charge in [-0.15, -0.1) is 10.2 Å². The zero-order valence-electron chi connectivity index (χ0n) is 15.1. The standard InChI is InChI=1S/C21H18F2N4O/c22-15-7-8-16(17(23)10-15)19-20(28-12-24-19)14-6-9-18-25-26-21(27(18)11-14)13-4-2-1-3-5-13/h6-13H,1-5H2. The number of aromatic nitrogens is 4. The summed E-state index contributed by atoms with van der Waals surface area (Å²) in [6.45, 7) is 0. The molecule has 0 aliphatic heterocycles. The molecule has 28 heavy (non-hydrogen) atoms. The Morgan fingerprint density at radius 1 is 1.00 bits per heavy atom. The summed E-state index contributed by atoms with van der Waals surface area (Å²) < 4.78 is 35.1.